The van der Waals surface area contributed by atoms with Crippen molar-refractivity contribution in [3.63, 3.8) is 0 Å². The average molecular weight is 395 g/mol. The Morgan fingerprint density at radius 3 is 2.79 bits per heavy atom. The van der Waals surface area contributed by atoms with Gasteiger partial charge in [0.15, 0.2) is 0 Å². The van der Waals surface area contributed by atoms with Crippen LogP contribution in [0.1, 0.15) is 41.0 Å². The Morgan fingerprint density at radius 1 is 1.21 bits per heavy atom. The number of nitrogens with two attached hydrogens (primary N) is 1. The van der Waals surface area contributed by atoms with E-state index >= 15 is 0 Å². The molecule has 4 rings (SSSR count). The Morgan fingerprint density at radius 2 is 2.00 bits per heavy atom. The summed E-state index contributed by atoms with van der Waals surface area (Å²) in [6.07, 6.45) is 2.65. The Hall–Kier alpha value is -3.13. The predicted octanol–water partition coefficient (Wildman–Crippen LogP) is 1.04. The van der Waals surface area contributed by atoms with E-state index in [1.54, 1.807) is 34.8 Å². The molecular formula is C21H25N5O3. The van der Waals surface area contributed by atoms with Gasteiger partial charge in [0.25, 0.3) is 11.8 Å². The molecule has 0 radical (unpaired) electrons. The second kappa shape index (κ2) is 7.71. The number of carbonyl (C=O) groups is 3. The van der Waals surface area contributed by atoms with E-state index in [0.717, 1.165) is 24.1 Å². The summed E-state index contributed by atoms with van der Waals surface area (Å²) in [6.45, 7) is 4.24. The van der Waals surface area contributed by atoms with Crippen molar-refractivity contribution < 1.29 is 14.4 Å². The molecule has 0 unspecified atom stereocenters. The third-order valence-electron chi connectivity index (χ3n) is 5.63. The van der Waals surface area contributed by atoms with E-state index in [-0.39, 0.29) is 11.8 Å². The van der Waals surface area contributed by atoms with Gasteiger partial charge in [-0.05, 0) is 29.7 Å². The van der Waals surface area contributed by atoms with Crippen LogP contribution < -0.4 is 11.1 Å². The summed E-state index contributed by atoms with van der Waals surface area (Å²) in [7, 11) is 0. The molecule has 0 bridgehead atoms. The molecule has 3 heterocycles. The highest BCUT2D eigenvalue weighted by molar-refractivity contribution is 5.92. The lowest BCUT2D eigenvalue weighted by Gasteiger charge is -2.28. The van der Waals surface area contributed by atoms with Crippen molar-refractivity contribution >= 4 is 17.7 Å². The van der Waals surface area contributed by atoms with E-state index in [4.69, 9.17) is 5.73 Å². The van der Waals surface area contributed by atoms with Crippen molar-refractivity contribution in [2.75, 3.05) is 13.1 Å². The van der Waals surface area contributed by atoms with E-state index in [9.17, 15) is 14.4 Å². The number of nitrogens with zero attached hydrogens (tertiary/aromatic N) is 3. The summed E-state index contributed by atoms with van der Waals surface area (Å²) < 4.78 is 1.66. The molecule has 1 aromatic carbocycles. The lowest BCUT2D eigenvalue weighted by atomic mass is 9.99. The van der Waals surface area contributed by atoms with Crippen molar-refractivity contribution in [1.29, 1.82) is 0 Å². The Bertz CT molecular complexity index is 953. The van der Waals surface area contributed by atoms with Gasteiger partial charge in [0.1, 0.15) is 11.7 Å². The van der Waals surface area contributed by atoms with Crippen LogP contribution in [0.5, 0.6) is 0 Å². The summed E-state index contributed by atoms with van der Waals surface area (Å²) in [6, 6.07) is 10.4. The topological polar surface area (TPSA) is 101 Å². The summed E-state index contributed by atoms with van der Waals surface area (Å²) in [4.78, 5) is 37.7. The maximum Gasteiger partial charge on any atom is 0.265 e. The number of aromatic nitrogens is 1. The maximum absolute atomic E-state index is 13.2. The Labute approximate surface area is 169 Å². The molecule has 0 spiro atoms. The lowest BCUT2D eigenvalue weighted by molar-refractivity contribution is -0.148. The fourth-order valence-electron chi connectivity index (χ4n) is 4.12. The van der Waals surface area contributed by atoms with Crippen LogP contribution in [0.2, 0.25) is 0 Å². The molecule has 1 fully saturated rings. The number of primary amides is 1. The van der Waals surface area contributed by atoms with Crippen LogP contribution in [-0.4, -0.2) is 45.4 Å². The number of hydrogen-bond acceptors (Lipinski definition) is 4. The Kier molecular flexibility index (Phi) is 5.10. The van der Waals surface area contributed by atoms with Crippen LogP contribution in [0.3, 0.4) is 0 Å². The lowest BCUT2D eigenvalue weighted by Crippen LogP contribution is -2.46. The smallest absolute Gasteiger partial charge is 0.265 e. The number of fused-ring (bicyclic) bond motifs is 2. The molecule has 2 aromatic rings. The second-order valence-corrected chi connectivity index (χ2v) is 7.65. The summed E-state index contributed by atoms with van der Waals surface area (Å²) in [5.41, 5.74) is 7.62. The number of amides is 3. The van der Waals surface area contributed by atoms with E-state index < -0.39 is 17.9 Å². The van der Waals surface area contributed by atoms with Gasteiger partial charge in [-0.25, -0.2) is 5.01 Å². The van der Waals surface area contributed by atoms with Gasteiger partial charge in [-0.1, -0.05) is 31.2 Å². The standard InChI is InChI=1S/C21H25N5O3/c1-14(12-24-9-4-8-17(24)19(22)27)20(28)23-18-16-7-3-2-6-15(16)13-25-10-5-11-26(25)21(18)29/h2-4,6-9,14,18H,5,10-13H2,1H3,(H2,22,27)(H,23,28)/t14-,18+/m1/s1. The predicted molar refractivity (Wildman–Crippen MR) is 106 cm³/mol. The minimum Gasteiger partial charge on any atom is -0.364 e. The SMILES string of the molecule is C[C@H](Cn1cccc1C(N)=O)C(=O)N[C@@H]1C(=O)N2CCCN2Cc2ccccc21. The molecule has 1 aromatic heterocycles. The molecule has 3 amide bonds. The number of carbonyl (C=O) groups excluding carboxylic acids is 3. The fourth-order valence-corrected chi connectivity index (χ4v) is 4.12. The first-order valence-electron chi connectivity index (χ1n) is 9.85. The first-order chi connectivity index (χ1) is 14.0. The van der Waals surface area contributed by atoms with Crippen LogP contribution >= 0.6 is 0 Å². The third-order valence-corrected chi connectivity index (χ3v) is 5.63. The van der Waals surface area contributed by atoms with Gasteiger partial charge in [-0.3, -0.25) is 19.4 Å². The quantitative estimate of drug-likeness (QED) is 0.790. The van der Waals surface area contributed by atoms with E-state index in [1.165, 1.54) is 0 Å². The molecule has 0 saturated carbocycles. The van der Waals surface area contributed by atoms with Crippen LogP contribution in [-0.2, 0) is 22.7 Å². The molecule has 0 aliphatic carbocycles. The van der Waals surface area contributed by atoms with Gasteiger partial charge in [0, 0.05) is 32.4 Å². The highest BCUT2D eigenvalue weighted by Gasteiger charge is 2.38. The summed E-state index contributed by atoms with van der Waals surface area (Å²) >= 11 is 0. The third kappa shape index (κ3) is 3.63. The van der Waals surface area contributed by atoms with Gasteiger partial charge in [0.2, 0.25) is 5.91 Å². The van der Waals surface area contributed by atoms with E-state index in [1.807, 2.05) is 24.3 Å². The molecule has 1 saturated heterocycles. The summed E-state index contributed by atoms with van der Waals surface area (Å²) in [5, 5.41) is 6.76. The number of rotatable bonds is 5. The van der Waals surface area contributed by atoms with Gasteiger partial charge in [-0.2, -0.15) is 0 Å². The van der Waals surface area contributed by atoms with Crippen molar-refractivity contribution in [1.82, 2.24) is 19.9 Å². The Balaban J connectivity index is 1.55. The van der Waals surface area contributed by atoms with Crippen LogP contribution in [0.15, 0.2) is 42.6 Å². The van der Waals surface area contributed by atoms with Crippen LogP contribution in [0.4, 0.5) is 0 Å². The molecule has 8 heteroatoms. The van der Waals surface area contributed by atoms with Crippen molar-refractivity contribution in [3.8, 4) is 0 Å². The first kappa shape index (κ1) is 19.2. The highest BCUT2D eigenvalue weighted by Crippen LogP contribution is 2.29. The van der Waals surface area contributed by atoms with Crippen molar-refractivity contribution in [2.45, 2.75) is 32.5 Å². The normalized spacial score (nSPS) is 20.0. The van der Waals surface area contributed by atoms with Gasteiger partial charge >= 0.3 is 0 Å². The van der Waals surface area contributed by atoms with Gasteiger partial charge < -0.3 is 15.6 Å². The van der Waals surface area contributed by atoms with Crippen LogP contribution in [0.25, 0.3) is 0 Å². The average Bonchev–Trinajstić information content (AvgIpc) is 3.33. The van der Waals surface area contributed by atoms with E-state index in [2.05, 4.69) is 10.3 Å². The number of hydrogen-bond donors (Lipinski definition) is 2. The zero-order chi connectivity index (χ0) is 20.5. The number of hydrazine groups is 1. The molecule has 2 atom stereocenters. The monoisotopic (exact) mass is 395 g/mol. The molecule has 8 nitrogen and oxygen atoms in total. The van der Waals surface area contributed by atoms with Crippen LogP contribution in [0, 0.1) is 5.92 Å². The zero-order valence-electron chi connectivity index (χ0n) is 16.4. The van der Waals surface area contributed by atoms with Gasteiger partial charge in [0.05, 0.1) is 5.92 Å². The minimum atomic E-state index is -0.718. The molecule has 29 heavy (non-hydrogen) atoms. The van der Waals surface area contributed by atoms with Crippen molar-refractivity contribution in [2.24, 2.45) is 11.7 Å². The number of benzene rings is 1. The molecule has 2 aliphatic rings. The molecule has 2 aliphatic heterocycles. The highest BCUT2D eigenvalue weighted by atomic mass is 16.2. The fraction of sp³-hybridized carbons (Fsp3) is 0.381. The molecule has 3 N–H and O–H groups in total. The summed E-state index contributed by atoms with van der Waals surface area (Å²) in [5.74, 6) is -1.33. The largest absolute Gasteiger partial charge is 0.364 e. The minimum absolute atomic E-state index is 0.105. The van der Waals surface area contributed by atoms with Gasteiger partial charge in [-0.15, -0.1) is 0 Å². The maximum atomic E-state index is 13.2. The molecular weight excluding hydrogens is 370 g/mol. The zero-order valence-corrected chi connectivity index (χ0v) is 16.4. The first-order valence-corrected chi connectivity index (χ1v) is 9.85. The van der Waals surface area contributed by atoms with E-state index in [0.29, 0.717) is 25.3 Å². The second-order valence-electron chi connectivity index (χ2n) is 7.65. The molecule has 152 valence electrons. The number of nitrogens with one attached hydrogen (secondary N) is 1. The van der Waals surface area contributed by atoms with Crippen molar-refractivity contribution in [3.05, 3.63) is 59.4 Å².